The van der Waals surface area contributed by atoms with Crippen molar-refractivity contribution in [3.63, 3.8) is 0 Å². The lowest BCUT2D eigenvalue weighted by Crippen LogP contribution is -2.14. The smallest absolute Gasteiger partial charge is 0.225 e. The Balaban J connectivity index is 2.43. The first kappa shape index (κ1) is 17.4. The number of aliphatic hydroxyl groups is 1. The fourth-order valence-electron chi connectivity index (χ4n) is 1.43. The van der Waals surface area contributed by atoms with Gasteiger partial charge in [-0.2, -0.15) is 11.8 Å². The third kappa shape index (κ3) is 5.79. The Labute approximate surface area is 133 Å². The molecule has 0 aliphatic rings. The second-order valence-electron chi connectivity index (χ2n) is 4.51. The number of anilines is 2. The van der Waals surface area contributed by atoms with Gasteiger partial charge in [-0.25, -0.2) is 0 Å². The standard InChI is InChI=1S/C13H18Cl2N2O2S/c1-8(6-18)7-20-3-2-12(19)17-13-10(15)4-9(14)5-11(13)16/h4-5,8,18H,2-3,6-7,16H2,1H3,(H,17,19). The maximum absolute atomic E-state index is 11.8. The van der Waals surface area contributed by atoms with Crippen molar-refractivity contribution in [3.05, 3.63) is 22.2 Å². The highest BCUT2D eigenvalue weighted by molar-refractivity contribution is 7.99. The van der Waals surface area contributed by atoms with Gasteiger partial charge in [0, 0.05) is 23.8 Å². The van der Waals surface area contributed by atoms with E-state index in [0.717, 1.165) is 5.75 Å². The van der Waals surface area contributed by atoms with Gasteiger partial charge in [-0.15, -0.1) is 0 Å². The molecule has 1 atom stereocenters. The van der Waals surface area contributed by atoms with Crippen LogP contribution in [0.4, 0.5) is 11.4 Å². The highest BCUT2D eigenvalue weighted by atomic mass is 35.5. The summed E-state index contributed by atoms with van der Waals surface area (Å²) in [5.41, 5.74) is 6.51. The molecule has 0 radical (unpaired) electrons. The van der Waals surface area contributed by atoms with Gasteiger partial charge >= 0.3 is 0 Å². The molecule has 1 aromatic rings. The molecule has 0 aliphatic heterocycles. The molecular weight excluding hydrogens is 319 g/mol. The van der Waals surface area contributed by atoms with Crippen molar-refractivity contribution >= 4 is 52.2 Å². The molecule has 4 nitrogen and oxygen atoms in total. The second-order valence-corrected chi connectivity index (χ2v) is 6.51. The molecule has 0 saturated heterocycles. The highest BCUT2D eigenvalue weighted by Crippen LogP contribution is 2.32. The molecule has 0 saturated carbocycles. The average Bonchev–Trinajstić information content (AvgIpc) is 2.38. The number of carbonyl (C=O) groups is 1. The monoisotopic (exact) mass is 336 g/mol. The number of aliphatic hydroxyl groups excluding tert-OH is 1. The zero-order valence-corrected chi connectivity index (χ0v) is 13.5. The van der Waals surface area contributed by atoms with E-state index in [0.29, 0.717) is 33.6 Å². The molecule has 0 aromatic heterocycles. The maximum Gasteiger partial charge on any atom is 0.225 e. The van der Waals surface area contributed by atoms with Gasteiger partial charge in [0.2, 0.25) is 5.91 Å². The van der Waals surface area contributed by atoms with E-state index < -0.39 is 0 Å². The number of carbonyl (C=O) groups excluding carboxylic acids is 1. The van der Waals surface area contributed by atoms with Gasteiger partial charge in [0.1, 0.15) is 0 Å². The van der Waals surface area contributed by atoms with E-state index in [1.165, 1.54) is 6.07 Å². The summed E-state index contributed by atoms with van der Waals surface area (Å²) in [6.07, 6.45) is 0.362. The van der Waals surface area contributed by atoms with Gasteiger partial charge in [-0.1, -0.05) is 30.1 Å². The fraction of sp³-hybridized carbons (Fsp3) is 0.462. The van der Waals surface area contributed by atoms with E-state index in [-0.39, 0.29) is 18.4 Å². The van der Waals surface area contributed by atoms with Gasteiger partial charge in [0.05, 0.1) is 16.4 Å². The fourth-order valence-corrected chi connectivity index (χ4v) is 2.99. The number of hydrogen-bond acceptors (Lipinski definition) is 4. The molecule has 20 heavy (non-hydrogen) atoms. The van der Waals surface area contributed by atoms with E-state index in [4.69, 9.17) is 34.0 Å². The summed E-state index contributed by atoms with van der Waals surface area (Å²) >= 11 is 13.4. The van der Waals surface area contributed by atoms with E-state index in [1.807, 2.05) is 6.92 Å². The Kier molecular flexibility index (Phi) is 7.51. The Morgan fingerprint density at radius 1 is 1.50 bits per heavy atom. The number of thioether (sulfide) groups is 1. The van der Waals surface area contributed by atoms with Crippen LogP contribution in [0.25, 0.3) is 0 Å². The first-order chi connectivity index (χ1) is 9.43. The molecule has 4 N–H and O–H groups in total. The number of rotatable bonds is 7. The Bertz CT molecular complexity index is 449. The summed E-state index contributed by atoms with van der Waals surface area (Å²) in [5, 5.41) is 12.3. The third-order valence-corrected chi connectivity index (χ3v) is 4.35. The molecule has 1 rings (SSSR count). The van der Waals surface area contributed by atoms with Crippen LogP contribution in [-0.4, -0.2) is 29.1 Å². The number of halogens is 2. The van der Waals surface area contributed by atoms with Crippen molar-refractivity contribution in [2.45, 2.75) is 13.3 Å². The summed E-state index contributed by atoms with van der Waals surface area (Å²) in [6.45, 7) is 2.12. The number of nitrogen functional groups attached to an aromatic ring is 1. The molecule has 1 unspecified atom stereocenters. The van der Waals surface area contributed by atoms with Crippen molar-refractivity contribution in [1.29, 1.82) is 0 Å². The van der Waals surface area contributed by atoms with E-state index in [2.05, 4.69) is 5.32 Å². The summed E-state index contributed by atoms with van der Waals surface area (Å²) in [6, 6.07) is 3.08. The van der Waals surface area contributed by atoms with Gasteiger partial charge in [0.25, 0.3) is 0 Å². The summed E-state index contributed by atoms with van der Waals surface area (Å²) in [5.74, 6) is 1.60. The van der Waals surface area contributed by atoms with Crippen LogP contribution in [-0.2, 0) is 4.79 Å². The topological polar surface area (TPSA) is 75.3 Å². The lowest BCUT2D eigenvalue weighted by Gasteiger charge is -2.11. The summed E-state index contributed by atoms with van der Waals surface area (Å²) in [4.78, 5) is 11.8. The molecule has 0 fully saturated rings. The minimum absolute atomic E-state index is 0.148. The van der Waals surface area contributed by atoms with Crippen molar-refractivity contribution in [3.8, 4) is 0 Å². The normalized spacial score (nSPS) is 12.2. The van der Waals surface area contributed by atoms with Crippen LogP contribution in [0.3, 0.4) is 0 Å². The first-order valence-corrected chi connectivity index (χ1v) is 8.08. The molecule has 1 aromatic carbocycles. The van der Waals surface area contributed by atoms with Crippen LogP contribution in [0.1, 0.15) is 13.3 Å². The minimum Gasteiger partial charge on any atom is -0.397 e. The lowest BCUT2D eigenvalue weighted by molar-refractivity contribution is -0.115. The summed E-state index contributed by atoms with van der Waals surface area (Å²) in [7, 11) is 0. The lowest BCUT2D eigenvalue weighted by atomic mass is 10.2. The van der Waals surface area contributed by atoms with Crippen LogP contribution < -0.4 is 11.1 Å². The molecule has 0 heterocycles. The number of benzene rings is 1. The summed E-state index contributed by atoms with van der Waals surface area (Å²) < 4.78 is 0. The third-order valence-electron chi connectivity index (χ3n) is 2.54. The Morgan fingerprint density at radius 3 is 2.80 bits per heavy atom. The van der Waals surface area contributed by atoms with Gasteiger partial charge in [-0.3, -0.25) is 4.79 Å². The van der Waals surface area contributed by atoms with E-state index >= 15 is 0 Å². The van der Waals surface area contributed by atoms with Crippen molar-refractivity contribution < 1.29 is 9.90 Å². The van der Waals surface area contributed by atoms with Crippen molar-refractivity contribution in [2.24, 2.45) is 5.92 Å². The van der Waals surface area contributed by atoms with Crippen LogP contribution in [0.15, 0.2) is 12.1 Å². The quantitative estimate of drug-likeness (QED) is 0.527. The molecule has 0 spiro atoms. The molecular formula is C13H18Cl2N2O2S. The van der Waals surface area contributed by atoms with Crippen LogP contribution in [0.2, 0.25) is 10.0 Å². The van der Waals surface area contributed by atoms with Crippen molar-refractivity contribution in [1.82, 2.24) is 0 Å². The van der Waals surface area contributed by atoms with Crippen LogP contribution in [0, 0.1) is 5.92 Å². The molecule has 0 aliphatic carbocycles. The van der Waals surface area contributed by atoms with E-state index in [1.54, 1.807) is 17.8 Å². The Morgan fingerprint density at radius 2 is 2.20 bits per heavy atom. The maximum atomic E-state index is 11.8. The van der Waals surface area contributed by atoms with Crippen molar-refractivity contribution in [2.75, 3.05) is 29.2 Å². The number of nitrogens with one attached hydrogen (secondary N) is 1. The predicted octanol–water partition coefficient (Wildman–Crippen LogP) is 3.27. The average molecular weight is 337 g/mol. The van der Waals surface area contributed by atoms with Gasteiger partial charge < -0.3 is 16.2 Å². The molecule has 0 bridgehead atoms. The SMILES string of the molecule is CC(CO)CSCCC(=O)Nc1c(N)cc(Cl)cc1Cl. The highest BCUT2D eigenvalue weighted by Gasteiger charge is 2.10. The zero-order valence-electron chi connectivity index (χ0n) is 11.2. The van der Waals surface area contributed by atoms with Gasteiger partial charge in [-0.05, 0) is 23.8 Å². The Hall–Kier alpha value is -0.620. The van der Waals surface area contributed by atoms with Gasteiger partial charge in [0.15, 0.2) is 0 Å². The van der Waals surface area contributed by atoms with E-state index in [9.17, 15) is 4.79 Å². The largest absolute Gasteiger partial charge is 0.397 e. The number of hydrogen-bond donors (Lipinski definition) is 3. The number of amides is 1. The second kappa shape index (κ2) is 8.62. The minimum atomic E-state index is -0.148. The zero-order chi connectivity index (χ0) is 15.1. The van der Waals surface area contributed by atoms with Crippen LogP contribution in [0.5, 0.6) is 0 Å². The molecule has 112 valence electrons. The molecule has 7 heteroatoms. The number of nitrogens with two attached hydrogens (primary N) is 1. The van der Waals surface area contributed by atoms with Crippen LogP contribution >= 0.6 is 35.0 Å². The predicted molar refractivity (Wildman–Crippen MR) is 87.7 cm³/mol. The molecule has 1 amide bonds. The first-order valence-electron chi connectivity index (χ1n) is 6.17.